The van der Waals surface area contributed by atoms with E-state index in [1.54, 1.807) is 4.31 Å². The van der Waals surface area contributed by atoms with Crippen molar-refractivity contribution in [3.63, 3.8) is 0 Å². The van der Waals surface area contributed by atoms with E-state index in [0.29, 0.717) is 19.1 Å². The van der Waals surface area contributed by atoms with Crippen molar-refractivity contribution in [2.24, 2.45) is 11.8 Å². The number of morpholine rings is 1. The van der Waals surface area contributed by atoms with E-state index in [9.17, 15) is 17.2 Å². The predicted molar refractivity (Wildman–Crippen MR) is 80.9 cm³/mol. The van der Waals surface area contributed by atoms with Crippen LogP contribution in [-0.2, 0) is 14.8 Å². The third-order valence-corrected chi connectivity index (χ3v) is 8.48. The lowest BCUT2D eigenvalue weighted by Gasteiger charge is -2.40. The SMILES string of the molecule is O=S(=O)(C1CC2C(C1)C2(F)F)N1CCC(N2CCOCC2)CC1. The Balaban J connectivity index is 1.33. The Kier molecular flexibility index (Phi) is 3.94. The van der Waals surface area contributed by atoms with E-state index in [4.69, 9.17) is 4.74 Å². The molecule has 0 radical (unpaired) electrons. The second-order valence-electron chi connectivity index (χ2n) is 7.30. The lowest BCUT2D eigenvalue weighted by Crippen LogP contribution is -2.51. The van der Waals surface area contributed by atoms with Crippen LogP contribution in [0.2, 0.25) is 0 Å². The molecule has 132 valence electrons. The maximum absolute atomic E-state index is 13.3. The van der Waals surface area contributed by atoms with E-state index in [-0.39, 0.29) is 12.8 Å². The summed E-state index contributed by atoms with van der Waals surface area (Å²) in [6.07, 6.45) is 1.94. The summed E-state index contributed by atoms with van der Waals surface area (Å²) in [6, 6.07) is 0.423. The molecule has 4 aliphatic rings. The Hall–Kier alpha value is -0.310. The van der Waals surface area contributed by atoms with Gasteiger partial charge >= 0.3 is 0 Å². The Labute approximate surface area is 136 Å². The van der Waals surface area contributed by atoms with Gasteiger partial charge in [-0.1, -0.05) is 0 Å². The van der Waals surface area contributed by atoms with Crippen LogP contribution in [0.1, 0.15) is 25.7 Å². The fourth-order valence-corrected chi connectivity index (χ4v) is 6.67. The molecule has 4 fully saturated rings. The van der Waals surface area contributed by atoms with Crippen molar-refractivity contribution < 1.29 is 21.9 Å². The monoisotopic (exact) mass is 350 g/mol. The van der Waals surface area contributed by atoms with Crippen molar-refractivity contribution in [3.05, 3.63) is 0 Å². The molecule has 2 aliphatic carbocycles. The first-order valence-electron chi connectivity index (χ1n) is 8.59. The molecule has 5 nitrogen and oxygen atoms in total. The second kappa shape index (κ2) is 5.61. The minimum absolute atomic E-state index is 0.142. The summed E-state index contributed by atoms with van der Waals surface area (Å²) in [5, 5.41) is -0.586. The van der Waals surface area contributed by atoms with Crippen molar-refractivity contribution in [2.75, 3.05) is 39.4 Å². The summed E-state index contributed by atoms with van der Waals surface area (Å²) in [7, 11) is -3.41. The molecular formula is C15H24F2N2O3S. The maximum Gasteiger partial charge on any atom is 0.254 e. The van der Waals surface area contributed by atoms with Gasteiger partial charge in [0.05, 0.1) is 18.5 Å². The van der Waals surface area contributed by atoms with Crippen LogP contribution in [0.5, 0.6) is 0 Å². The fourth-order valence-electron chi connectivity index (χ4n) is 4.62. The largest absolute Gasteiger partial charge is 0.379 e. The van der Waals surface area contributed by atoms with Gasteiger partial charge in [0.15, 0.2) is 0 Å². The quantitative estimate of drug-likeness (QED) is 0.766. The first-order valence-corrected chi connectivity index (χ1v) is 10.1. The van der Waals surface area contributed by atoms with Crippen LogP contribution in [-0.4, -0.2) is 74.2 Å². The number of ether oxygens (including phenoxy) is 1. The molecule has 2 aliphatic heterocycles. The van der Waals surface area contributed by atoms with Gasteiger partial charge in [0.25, 0.3) is 5.92 Å². The molecule has 8 heteroatoms. The minimum atomic E-state index is -3.41. The number of hydrogen-bond acceptors (Lipinski definition) is 4. The molecule has 0 aromatic rings. The van der Waals surface area contributed by atoms with Crippen LogP contribution in [0, 0.1) is 11.8 Å². The molecule has 0 aromatic carbocycles. The Bertz CT molecular complexity index is 543. The van der Waals surface area contributed by atoms with Gasteiger partial charge in [-0.25, -0.2) is 21.5 Å². The zero-order chi connectivity index (χ0) is 16.2. The molecule has 2 unspecified atom stereocenters. The topological polar surface area (TPSA) is 49.9 Å². The number of hydrogen-bond donors (Lipinski definition) is 0. The van der Waals surface area contributed by atoms with E-state index < -0.39 is 33.0 Å². The minimum Gasteiger partial charge on any atom is -0.379 e. The first kappa shape index (κ1) is 16.2. The summed E-state index contributed by atoms with van der Waals surface area (Å²) in [4.78, 5) is 2.39. The van der Waals surface area contributed by atoms with Gasteiger partial charge < -0.3 is 4.74 Å². The van der Waals surface area contributed by atoms with Crippen molar-refractivity contribution in [2.45, 2.75) is 42.9 Å². The van der Waals surface area contributed by atoms with Crippen molar-refractivity contribution in [3.8, 4) is 0 Å². The lowest BCUT2D eigenvalue weighted by molar-refractivity contribution is 0.00601. The summed E-state index contributed by atoms with van der Waals surface area (Å²) in [6.45, 7) is 4.37. The average Bonchev–Trinajstić information content (AvgIpc) is 2.94. The molecule has 2 atom stereocenters. The predicted octanol–water partition coefficient (Wildman–Crippen LogP) is 1.16. The van der Waals surface area contributed by atoms with E-state index >= 15 is 0 Å². The number of fused-ring (bicyclic) bond motifs is 1. The van der Waals surface area contributed by atoms with E-state index in [1.165, 1.54) is 0 Å². The smallest absolute Gasteiger partial charge is 0.254 e. The van der Waals surface area contributed by atoms with E-state index in [2.05, 4.69) is 4.90 Å². The molecule has 0 aromatic heterocycles. The molecule has 0 N–H and O–H groups in total. The van der Waals surface area contributed by atoms with Crippen molar-refractivity contribution in [1.29, 1.82) is 0 Å². The highest BCUT2D eigenvalue weighted by Crippen LogP contribution is 2.65. The van der Waals surface area contributed by atoms with Gasteiger partial charge in [0.1, 0.15) is 0 Å². The maximum atomic E-state index is 13.3. The summed E-state index contributed by atoms with van der Waals surface area (Å²) in [5.41, 5.74) is 0. The van der Waals surface area contributed by atoms with Crippen LogP contribution < -0.4 is 0 Å². The van der Waals surface area contributed by atoms with Crippen LogP contribution in [0.15, 0.2) is 0 Å². The average molecular weight is 350 g/mol. The van der Waals surface area contributed by atoms with Crippen LogP contribution in [0.3, 0.4) is 0 Å². The van der Waals surface area contributed by atoms with Gasteiger partial charge in [0, 0.05) is 44.1 Å². The number of piperidine rings is 1. The Morgan fingerprint density at radius 3 is 2.09 bits per heavy atom. The zero-order valence-corrected chi connectivity index (χ0v) is 14.0. The van der Waals surface area contributed by atoms with Gasteiger partial charge in [-0.2, -0.15) is 0 Å². The molecular weight excluding hydrogens is 326 g/mol. The third kappa shape index (κ3) is 2.71. The molecule has 2 saturated carbocycles. The standard InChI is InChI=1S/C15H24F2N2O3S/c16-15(17)13-9-12(10-14(13)15)23(20,21)19-3-1-11(2-4-19)18-5-7-22-8-6-18/h11-14H,1-10H2. The van der Waals surface area contributed by atoms with Crippen LogP contribution in [0.25, 0.3) is 0 Å². The molecule has 0 spiro atoms. The Morgan fingerprint density at radius 1 is 0.957 bits per heavy atom. The third-order valence-electron chi connectivity index (χ3n) is 6.17. The second-order valence-corrected chi connectivity index (χ2v) is 9.52. The van der Waals surface area contributed by atoms with Gasteiger partial charge in [-0.05, 0) is 25.7 Å². The molecule has 4 rings (SSSR count). The van der Waals surface area contributed by atoms with Crippen molar-refractivity contribution in [1.82, 2.24) is 9.21 Å². The number of rotatable bonds is 3. The number of sulfonamides is 1. The lowest BCUT2D eigenvalue weighted by atomic mass is 10.0. The molecule has 23 heavy (non-hydrogen) atoms. The number of halogens is 2. The summed E-state index contributed by atoms with van der Waals surface area (Å²) in [5.74, 6) is -3.98. The fraction of sp³-hybridized carbons (Fsp3) is 1.00. The molecule has 0 bridgehead atoms. The normalized spacial score (nSPS) is 39.3. The van der Waals surface area contributed by atoms with Crippen LogP contribution in [0.4, 0.5) is 8.78 Å². The molecule has 2 heterocycles. The van der Waals surface area contributed by atoms with Crippen molar-refractivity contribution >= 4 is 10.0 Å². The molecule has 0 amide bonds. The zero-order valence-electron chi connectivity index (χ0n) is 13.2. The van der Waals surface area contributed by atoms with E-state index in [1.807, 2.05) is 0 Å². The van der Waals surface area contributed by atoms with Gasteiger partial charge in [0.2, 0.25) is 10.0 Å². The summed E-state index contributed by atoms with van der Waals surface area (Å²) < 4.78 is 58.9. The highest BCUT2D eigenvalue weighted by Gasteiger charge is 2.73. The molecule has 2 saturated heterocycles. The highest BCUT2D eigenvalue weighted by molar-refractivity contribution is 7.89. The summed E-state index contributed by atoms with van der Waals surface area (Å²) >= 11 is 0. The van der Waals surface area contributed by atoms with Gasteiger partial charge in [-0.3, -0.25) is 4.90 Å². The van der Waals surface area contributed by atoms with E-state index in [0.717, 1.165) is 39.1 Å². The Morgan fingerprint density at radius 2 is 1.52 bits per heavy atom. The highest BCUT2D eigenvalue weighted by atomic mass is 32.2. The van der Waals surface area contributed by atoms with Crippen LogP contribution >= 0.6 is 0 Å². The van der Waals surface area contributed by atoms with Gasteiger partial charge in [-0.15, -0.1) is 0 Å². The number of nitrogens with zero attached hydrogens (tertiary/aromatic N) is 2. The first-order chi connectivity index (χ1) is 10.9. The number of alkyl halides is 2.